The normalized spacial score (nSPS) is 13.4. The molecular formula is C14H18O4S. The van der Waals surface area contributed by atoms with Gasteiger partial charge in [0.1, 0.15) is 5.25 Å². The molecule has 5 heteroatoms. The van der Waals surface area contributed by atoms with Crippen LogP contribution in [0, 0.1) is 5.92 Å². The average Bonchev–Trinajstić information content (AvgIpc) is 2.44. The highest BCUT2D eigenvalue weighted by atomic mass is 32.2. The monoisotopic (exact) mass is 282 g/mol. The van der Waals surface area contributed by atoms with Gasteiger partial charge in [0.05, 0.1) is 19.6 Å². The molecule has 104 valence electrons. The third-order valence-electron chi connectivity index (χ3n) is 2.55. The summed E-state index contributed by atoms with van der Waals surface area (Å²) in [6.45, 7) is 3.70. The van der Waals surface area contributed by atoms with Crippen LogP contribution >= 0.6 is 11.8 Å². The zero-order valence-corrected chi connectivity index (χ0v) is 12.1. The summed E-state index contributed by atoms with van der Waals surface area (Å²) in [6.07, 6.45) is 0. The minimum Gasteiger partial charge on any atom is -0.469 e. The molecule has 1 aromatic rings. The summed E-state index contributed by atoms with van der Waals surface area (Å²) in [5.74, 6) is -1.37. The Morgan fingerprint density at radius 1 is 1.21 bits per heavy atom. The summed E-state index contributed by atoms with van der Waals surface area (Å²) in [5, 5.41) is -0.602. The smallest absolute Gasteiger partial charge is 0.320 e. The lowest BCUT2D eigenvalue weighted by atomic mass is 10.1. The zero-order chi connectivity index (χ0) is 14.3. The largest absolute Gasteiger partial charge is 0.469 e. The SMILES string of the molecule is CCOC(=O)[C@@H](Sc1ccccc1)[C@H](C)C(=O)OC. The molecule has 0 unspecified atom stereocenters. The van der Waals surface area contributed by atoms with Gasteiger partial charge in [-0.2, -0.15) is 0 Å². The highest BCUT2D eigenvalue weighted by Crippen LogP contribution is 2.29. The summed E-state index contributed by atoms with van der Waals surface area (Å²) >= 11 is 1.31. The van der Waals surface area contributed by atoms with E-state index in [4.69, 9.17) is 9.47 Å². The predicted molar refractivity (Wildman–Crippen MR) is 73.9 cm³/mol. The first-order valence-corrected chi connectivity index (χ1v) is 6.94. The lowest BCUT2D eigenvalue weighted by Crippen LogP contribution is -2.32. The van der Waals surface area contributed by atoms with Crippen LogP contribution in [0.2, 0.25) is 0 Å². The maximum atomic E-state index is 12.0. The molecule has 0 radical (unpaired) electrons. The van der Waals surface area contributed by atoms with Crippen LogP contribution in [0.1, 0.15) is 13.8 Å². The van der Waals surface area contributed by atoms with Crippen molar-refractivity contribution in [2.24, 2.45) is 5.92 Å². The number of hydrogen-bond donors (Lipinski definition) is 0. The summed E-state index contributed by atoms with van der Waals surface area (Å²) in [7, 11) is 1.31. The molecule has 0 bridgehead atoms. The second-order valence-electron chi connectivity index (χ2n) is 3.92. The zero-order valence-electron chi connectivity index (χ0n) is 11.3. The van der Waals surface area contributed by atoms with Crippen LogP contribution in [0.15, 0.2) is 35.2 Å². The third-order valence-corrected chi connectivity index (χ3v) is 3.95. The van der Waals surface area contributed by atoms with Crippen molar-refractivity contribution in [2.75, 3.05) is 13.7 Å². The van der Waals surface area contributed by atoms with Crippen molar-refractivity contribution in [3.63, 3.8) is 0 Å². The van der Waals surface area contributed by atoms with E-state index in [1.807, 2.05) is 30.3 Å². The molecule has 19 heavy (non-hydrogen) atoms. The second kappa shape index (κ2) is 7.84. The molecule has 1 rings (SSSR count). The first kappa shape index (κ1) is 15.6. The number of benzene rings is 1. The van der Waals surface area contributed by atoms with Gasteiger partial charge in [-0.25, -0.2) is 0 Å². The molecule has 0 aliphatic rings. The molecule has 0 fully saturated rings. The molecule has 0 saturated carbocycles. The van der Waals surface area contributed by atoms with E-state index in [2.05, 4.69) is 0 Å². The predicted octanol–water partition coefficient (Wildman–Crippen LogP) is 2.52. The second-order valence-corrected chi connectivity index (χ2v) is 5.13. The first-order chi connectivity index (χ1) is 9.10. The molecule has 0 aromatic heterocycles. The van der Waals surface area contributed by atoms with Crippen molar-refractivity contribution >= 4 is 23.7 Å². The van der Waals surface area contributed by atoms with Crippen molar-refractivity contribution in [1.82, 2.24) is 0 Å². The quantitative estimate of drug-likeness (QED) is 0.593. The number of rotatable bonds is 6. The fourth-order valence-electron chi connectivity index (χ4n) is 1.53. The van der Waals surface area contributed by atoms with Crippen LogP contribution in [-0.2, 0) is 19.1 Å². The van der Waals surface area contributed by atoms with Gasteiger partial charge in [0.15, 0.2) is 0 Å². The van der Waals surface area contributed by atoms with Gasteiger partial charge in [0.2, 0.25) is 0 Å². The van der Waals surface area contributed by atoms with E-state index in [-0.39, 0.29) is 0 Å². The summed E-state index contributed by atoms with van der Waals surface area (Å²) in [5.41, 5.74) is 0. The Bertz CT molecular complexity index is 419. The van der Waals surface area contributed by atoms with Gasteiger partial charge < -0.3 is 9.47 Å². The molecule has 0 amide bonds. The van der Waals surface area contributed by atoms with Gasteiger partial charge in [-0.15, -0.1) is 11.8 Å². The van der Waals surface area contributed by atoms with Crippen molar-refractivity contribution in [1.29, 1.82) is 0 Å². The van der Waals surface area contributed by atoms with Crippen molar-refractivity contribution < 1.29 is 19.1 Å². The fourth-order valence-corrected chi connectivity index (χ4v) is 2.62. The Hall–Kier alpha value is -1.49. The Labute approximate surface area is 117 Å². The molecule has 0 spiro atoms. The van der Waals surface area contributed by atoms with E-state index in [0.29, 0.717) is 6.61 Å². The Balaban J connectivity index is 2.86. The minimum absolute atomic E-state index is 0.290. The fraction of sp³-hybridized carbons (Fsp3) is 0.429. The number of thioether (sulfide) groups is 1. The topological polar surface area (TPSA) is 52.6 Å². The number of carbonyl (C=O) groups excluding carboxylic acids is 2. The Kier molecular flexibility index (Phi) is 6.42. The van der Waals surface area contributed by atoms with E-state index in [1.165, 1.54) is 18.9 Å². The molecule has 0 heterocycles. The van der Waals surface area contributed by atoms with Gasteiger partial charge in [-0.1, -0.05) is 25.1 Å². The van der Waals surface area contributed by atoms with Gasteiger partial charge >= 0.3 is 11.9 Å². The summed E-state index contributed by atoms with van der Waals surface area (Å²) in [4.78, 5) is 24.5. The molecule has 0 aliphatic heterocycles. The van der Waals surface area contributed by atoms with Crippen molar-refractivity contribution in [2.45, 2.75) is 24.0 Å². The third kappa shape index (κ3) is 4.59. The maximum absolute atomic E-state index is 12.0. The van der Waals surface area contributed by atoms with Crippen LogP contribution in [0.3, 0.4) is 0 Å². The Morgan fingerprint density at radius 2 is 1.84 bits per heavy atom. The molecule has 4 nitrogen and oxygen atoms in total. The maximum Gasteiger partial charge on any atom is 0.320 e. The lowest BCUT2D eigenvalue weighted by molar-refractivity contribution is -0.151. The number of carbonyl (C=O) groups is 2. The molecule has 2 atom stereocenters. The summed E-state index contributed by atoms with van der Waals surface area (Å²) in [6, 6.07) is 9.44. The van der Waals surface area contributed by atoms with Crippen LogP contribution in [0.25, 0.3) is 0 Å². The molecule has 0 N–H and O–H groups in total. The Morgan fingerprint density at radius 3 is 2.37 bits per heavy atom. The van der Waals surface area contributed by atoms with E-state index in [9.17, 15) is 9.59 Å². The van der Waals surface area contributed by atoms with Gasteiger partial charge in [-0.05, 0) is 19.1 Å². The van der Waals surface area contributed by atoms with Crippen LogP contribution in [-0.4, -0.2) is 30.9 Å². The van der Waals surface area contributed by atoms with E-state index in [0.717, 1.165) is 4.90 Å². The highest BCUT2D eigenvalue weighted by molar-refractivity contribution is 8.00. The summed E-state index contributed by atoms with van der Waals surface area (Å²) < 4.78 is 9.72. The minimum atomic E-state index is -0.602. The molecular weight excluding hydrogens is 264 g/mol. The highest BCUT2D eigenvalue weighted by Gasteiger charge is 2.33. The number of esters is 2. The van der Waals surface area contributed by atoms with E-state index >= 15 is 0 Å². The van der Waals surface area contributed by atoms with Crippen molar-refractivity contribution in [3.8, 4) is 0 Å². The first-order valence-electron chi connectivity index (χ1n) is 6.06. The number of hydrogen-bond acceptors (Lipinski definition) is 5. The van der Waals surface area contributed by atoms with Crippen LogP contribution in [0.5, 0.6) is 0 Å². The van der Waals surface area contributed by atoms with Crippen molar-refractivity contribution in [3.05, 3.63) is 30.3 Å². The van der Waals surface area contributed by atoms with Gasteiger partial charge in [-0.3, -0.25) is 9.59 Å². The number of methoxy groups -OCH3 is 1. The average molecular weight is 282 g/mol. The standard InChI is InChI=1S/C14H18O4S/c1-4-18-14(16)12(10(2)13(15)17-3)19-11-8-6-5-7-9-11/h5-10,12H,4H2,1-3H3/t10-,12-/m0/s1. The van der Waals surface area contributed by atoms with Crippen LogP contribution < -0.4 is 0 Å². The molecule has 1 aromatic carbocycles. The number of ether oxygens (including phenoxy) is 2. The van der Waals surface area contributed by atoms with Gasteiger partial charge in [0.25, 0.3) is 0 Å². The van der Waals surface area contributed by atoms with Crippen LogP contribution in [0.4, 0.5) is 0 Å². The van der Waals surface area contributed by atoms with Gasteiger partial charge in [0, 0.05) is 4.90 Å². The lowest BCUT2D eigenvalue weighted by Gasteiger charge is -2.20. The molecule has 0 saturated heterocycles. The van der Waals surface area contributed by atoms with E-state index < -0.39 is 23.1 Å². The van der Waals surface area contributed by atoms with E-state index in [1.54, 1.807) is 13.8 Å². The molecule has 0 aliphatic carbocycles.